The van der Waals surface area contributed by atoms with Gasteiger partial charge in [0.05, 0.1) is 4.90 Å². The van der Waals surface area contributed by atoms with Crippen molar-refractivity contribution >= 4 is 56.1 Å². The van der Waals surface area contributed by atoms with Crippen LogP contribution in [0.4, 0.5) is 5.69 Å². The molecule has 1 saturated heterocycles. The second kappa shape index (κ2) is 9.20. The average molecular weight is 466 g/mol. The molecule has 0 aliphatic carbocycles. The summed E-state index contributed by atoms with van der Waals surface area (Å²) in [6, 6.07) is 12.9. The molecule has 1 fully saturated rings. The number of amidine groups is 1. The van der Waals surface area contributed by atoms with Gasteiger partial charge in [0, 0.05) is 23.7 Å². The van der Waals surface area contributed by atoms with Crippen LogP contribution in [0.1, 0.15) is 18.9 Å². The van der Waals surface area contributed by atoms with Crippen LogP contribution in [0.15, 0.2) is 57.8 Å². The fourth-order valence-corrected chi connectivity index (χ4v) is 5.39. The molecule has 1 N–H and O–H groups in total. The first-order valence-corrected chi connectivity index (χ1v) is 11.8. The van der Waals surface area contributed by atoms with Crippen molar-refractivity contribution in [2.24, 2.45) is 4.40 Å². The van der Waals surface area contributed by atoms with E-state index < -0.39 is 15.3 Å². The van der Waals surface area contributed by atoms with Crippen LogP contribution in [0.3, 0.4) is 0 Å². The highest BCUT2D eigenvalue weighted by Crippen LogP contribution is 2.31. The third kappa shape index (κ3) is 5.03. The molecule has 0 unspecified atom stereocenters. The smallest absolute Gasteiger partial charge is 0.284 e. The Balaban J connectivity index is 1.77. The minimum atomic E-state index is -4.02. The van der Waals surface area contributed by atoms with E-state index >= 15 is 0 Å². The lowest BCUT2D eigenvalue weighted by atomic mass is 10.2. The normalized spacial score (nSPS) is 18.1. The highest BCUT2D eigenvalue weighted by atomic mass is 35.5. The van der Waals surface area contributed by atoms with E-state index in [1.54, 1.807) is 13.0 Å². The molecule has 0 radical (unpaired) electrons. The van der Waals surface area contributed by atoms with Crippen molar-refractivity contribution in [1.29, 1.82) is 0 Å². The Kier molecular flexibility index (Phi) is 6.84. The Labute approximate surface area is 184 Å². The van der Waals surface area contributed by atoms with E-state index in [9.17, 15) is 18.0 Å². The van der Waals surface area contributed by atoms with Gasteiger partial charge >= 0.3 is 0 Å². The van der Waals surface area contributed by atoms with Gasteiger partial charge in [0.1, 0.15) is 5.25 Å². The number of hydrogen-bond donors (Lipinski definition) is 1. The number of hydrogen-bond acceptors (Lipinski definition) is 5. The first kappa shape index (κ1) is 22.3. The standard InChI is InChI=1S/C20H20ClN3O4S2/c1-3-24-19(26)17(12-18(25)22-16-7-5-4-6-13(16)2)29-20(24)23-30(27,28)15-10-8-14(21)9-11-15/h4-11,17H,3,12H2,1-2H3,(H,22,25)/t17-/m1/s1. The Morgan fingerprint density at radius 3 is 2.50 bits per heavy atom. The number of nitrogens with one attached hydrogen (secondary N) is 1. The summed E-state index contributed by atoms with van der Waals surface area (Å²) in [6.45, 7) is 3.84. The zero-order valence-electron chi connectivity index (χ0n) is 16.3. The summed E-state index contributed by atoms with van der Waals surface area (Å²) in [6.07, 6.45) is -0.0889. The third-order valence-corrected chi connectivity index (χ3v) is 7.26. The molecule has 2 aromatic carbocycles. The monoisotopic (exact) mass is 465 g/mol. The van der Waals surface area contributed by atoms with Crippen molar-refractivity contribution in [3.63, 3.8) is 0 Å². The largest absolute Gasteiger partial charge is 0.326 e. The van der Waals surface area contributed by atoms with Crippen LogP contribution in [-0.4, -0.2) is 42.1 Å². The van der Waals surface area contributed by atoms with Gasteiger partial charge in [-0.05, 0) is 49.7 Å². The first-order valence-electron chi connectivity index (χ1n) is 9.15. The number of thioether (sulfide) groups is 1. The van der Waals surface area contributed by atoms with Crippen molar-refractivity contribution in [3.05, 3.63) is 59.1 Å². The summed E-state index contributed by atoms with van der Waals surface area (Å²) in [5.74, 6) is -0.666. The van der Waals surface area contributed by atoms with E-state index in [-0.39, 0.29) is 34.8 Å². The molecule has 0 bridgehead atoms. The maximum absolute atomic E-state index is 12.7. The number of amides is 2. The van der Waals surface area contributed by atoms with Crippen molar-refractivity contribution in [3.8, 4) is 0 Å². The summed E-state index contributed by atoms with van der Waals surface area (Å²) in [5, 5.41) is 2.51. The number of aryl methyl sites for hydroxylation is 1. The molecule has 7 nitrogen and oxygen atoms in total. The van der Waals surface area contributed by atoms with Crippen LogP contribution >= 0.6 is 23.4 Å². The van der Waals surface area contributed by atoms with E-state index in [2.05, 4.69) is 9.71 Å². The summed E-state index contributed by atoms with van der Waals surface area (Å²) >= 11 is 6.79. The van der Waals surface area contributed by atoms with Gasteiger partial charge in [-0.1, -0.05) is 41.6 Å². The molecule has 1 aliphatic rings. The number of nitrogens with zero attached hydrogens (tertiary/aromatic N) is 2. The van der Waals surface area contributed by atoms with Gasteiger partial charge in [0.15, 0.2) is 5.17 Å². The first-order chi connectivity index (χ1) is 14.2. The molecule has 1 aliphatic heterocycles. The maximum atomic E-state index is 12.7. The second-order valence-corrected chi connectivity index (χ2v) is 9.77. The summed E-state index contributed by atoms with van der Waals surface area (Å²) in [7, 11) is -4.02. The van der Waals surface area contributed by atoms with Gasteiger partial charge in [-0.25, -0.2) is 0 Å². The molecule has 30 heavy (non-hydrogen) atoms. The van der Waals surface area contributed by atoms with Gasteiger partial charge < -0.3 is 5.32 Å². The van der Waals surface area contributed by atoms with Gasteiger partial charge in [-0.15, -0.1) is 4.40 Å². The zero-order valence-corrected chi connectivity index (χ0v) is 18.7. The second-order valence-electron chi connectivity index (χ2n) is 6.56. The SMILES string of the molecule is CCN1C(=O)[C@@H](CC(=O)Nc2ccccc2C)SC1=NS(=O)(=O)c1ccc(Cl)cc1. The average Bonchev–Trinajstić information content (AvgIpc) is 2.97. The number of sulfonamides is 1. The highest BCUT2D eigenvalue weighted by molar-refractivity contribution is 8.16. The molecule has 3 rings (SSSR count). The predicted octanol–water partition coefficient (Wildman–Crippen LogP) is 3.69. The van der Waals surface area contributed by atoms with Crippen LogP contribution in [-0.2, 0) is 19.6 Å². The van der Waals surface area contributed by atoms with E-state index in [0.717, 1.165) is 17.3 Å². The fraction of sp³-hybridized carbons (Fsp3) is 0.250. The summed E-state index contributed by atoms with van der Waals surface area (Å²) in [4.78, 5) is 26.4. The topological polar surface area (TPSA) is 95.9 Å². The van der Waals surface area contributed by atoms with Crippen molar-refractivity contribution in [2.75, 3.05) is 11.9 Å². The number of benzene rings is 2. The Hall–Kier alpha value is -2.36. The van der Waals surface area contributed by atoms with Gasteiger partial charge in [-0.3, -0.25) is 14.5 Å². The molecule has 0 spiro atoms. The van der Waals surface area contributed by atoms with Crippen LogP contribution < -0.4 is 5.32 Å². The number of halogens is 1. The Morgan fingerprint density at radius 1 is 1.20 bits per heavy atom. The molecular formula is C20H20ClN3O4S2. The molecule has 0 aromatic heterocycles. The molecule has 158 valence electrons. The van der Waals surface area contributed by atoms with E-state index in [1.165, 1.54) is 29.2 Å². The van der Waals surface area contributed by atoms with Crippen molar-refractivity contribution in [1.82, 2.24) is 4.90 Å². The Morgan fingerprint density at radius 2 is 1.87 bits per heavy atom. The number of carbonyl (C=O) groups is 2. The molecule has 2 aromatic rings. The quantitative estimate of drug-likeness (QED) is 0.701. The van der Waals surface area contributed by atoms with Crippen LogP contribution in [0.2, 0.25) is 5.02 Å². The number of rotatable bonds is 6. The van der Waals surface area contributed by atoms with Gasteiger partial charge in [0.25, 0.3) is 10.0 Å². The minimum absolute atomic E-state index is 0.0238. The van der Waals surface area contributed by atoms with E-state index in [1.807, 2.05) is 25.1 Å². The summed E-state index contributed by atoms with van der Waals surface area (Å²) < 4.78 is 29.1. The van der Waals surface area contributed by atoms with Gasteiger partial charge in [-0.2, -0.15) is 8.42 Å². The number of anilines is 1. The lowest BCUT2D eigenvalue weighted by Gasteiger charge is -2.13. The third-order valence-electron chi connectivity index (χ3n) is 4.44. The van der Waals surface area contributed by atoms with Crippen molar-refractivity contribution in [2.45, 2.75) is 30.4 Å². The van der Waals surface area contributed by atoms with E-state index in [0.29, 0.717) is 10.7 Å². The summed E-state index contributed by atoms with van der Waals surface area (Å²) in [5.41, 5.74) is 1.58. The van der Waals surface area contributed by atoms with Gasteiger partial charge in [0.2, 0.25) is 11.8 Å². The molecule has 10 heteroatoms. The number of para-hydroxylation sites is 1. The Bertz CT molecular complexity index is 1100. The molecule has 1 atom stereocenters. The van der Waals surface area contributed by atoms with Crippen LogP contribution in [0.5, 0.6) is 0 Å². The van der Waals surface area contributed by atoms with Crippen molar-refractivity contribution < 1.29 is 18.0 Å². The van der Waals surface area contributed by atoms with E-state index in [4.69, 9.17) is 11.6 Å². The lowest BCUT2D eigenvalue weighted by Crippen LogP contribution is -2.33. The maximum Gasteiger partial charge on any atom is 0.284 e. The predicted molar refractivity (Wildman–Crippen MR) is 119 cm³/mol. The number of carbonyl (C=O) groups excluding carboxylic acids is 2. The van der Waals surface area contributed by atoms with Crippen LogP contribution in [0.25, 0.3) is 0 Å². The zero-order chi connectivity index (χ0) is 21.9. The lowest BCUT2D eigenvalue weighted by molar-refractivity contribution is -0.128. The molecular weight excluding hydrogens is 446 g/mol. The highest BCUT2D eigenvalue weighted by Gasteiger charge is 2.39. The fourth-order valence-electron chi connectivity index (χ4n) is 2.85. The minimum Gasteiger partial charge on any atom is -0.326 e. The molecule has 0 saturated carbocycles. The molecule has 2 amide bonds. The molecule has 1 heterocycles. The van der Waals surface area contributed by atoms with Crippen LogP contribution in [0, 0.1) is 6.92 Å².